The highest BCUT2D eigenvalue weighted by Crippen LogP contribution is 2.28. The molecule has 1 aromatic heterocycles. The molecule has 0 radical (unpaired) electrons. The number of hydrogen-bond acceptors (Lipinski definition) is 6. The number of nitrogens with one attached hydrogen (secondary N) is 1. The number of rotatable bonds is 12. The van der Waals surface area contributed by atoms with Gasteiger partial charge in [-0.3, -0.25) is 14.4 Å². The van der Waals surface area contributed by atoms with Crippen molar-refractivity contribution in [2.24, 2.45) is 0 Å². The fraction of sp³-hybridized carbons (Fsp3) is 0.321. The second-order valence-electron chi connectivity index (χ2n) is 8.40. The molecule has 0 aliphatic rings. The van der Waals surface area contributed by atoms with Gasteiger partial charge in [0.15, 0.2) is 18.1 Å². The van der Waals surface area contributed by atoms with Crippen LogP contribution in [0.2, 0.25) is 0 Å². The minimum Gasteiger partial charge on any atom is -0.493 e. The van der Waals surface area contributed by atoms with Crippen LogP contribution in [0.5, 0.6) is 11.5 Å². The lowest BCUT2D eigenvalue weighted by Gasteiger charge is -2.12. The number of carbonyl (C=O) groups excluding carboxylic acids is 3. The Bertz CT molecular complexity index is 1220. The highest BCUT2D eigenvalue weighted by molar-refractivity contribution is 5.99. The van der Waals surface area contributed by atoms with Gasteiger partial charge in [-0.1, -0.05) is 36.4 Å². The molecular weight excluding hydrogens is 460 g/mol. The summed E-state index contributed by atoms with van der Waals surface area (Å²) in [7, 11) is 3.20. The molecule has 0 unspecified atom stereocenters. The molecule has 36 heavy (non-hydrogen) atoms. The lowest BCUT2D eigenvalue weighted by Crippen LogP contribution is -2.32. The number of amides is 1. The molecule has 0 saturated carbocycles. The first kappa shape index (κ1) is 26.5. The summed E-state index contributed by atoms with van der Waals surface area (Å²) in [6.07, 6.45) is 0.907. The molecular formula is C28H32N2O6. The summed E-state index contributed by atoms with van der Waals surface area (Å²) < 4.78 is 17.8. The average Bonchev–Trinajstić information content (AvgIpc) is 3.18. The maximum Gasteiger partial charge on any atom is 0.325 e. The van der Waals surface area contributed by atoms with Crippen molar-refractivity contribution in [1.29, 1.82) is 0 Å². The number of ketones is 1. The molecule has 0 aliphatic heterocycles. The fourth-order valence-electron chi connectivity index (χ4n) is 3.99. The molecule has 0 spiro atoms. The van der Waals surface area contributed by atoms with Crippen LogP contribution in [-0.2, 0) is 33.7 Å². The van der Waals surface area contributed by atoms with Crippen LogP contribution in [0.15, 0.2) is 54.6 Å². The number of Topliss-reactive ketones (excluding diaryl/α,β-unsaturated/α-hetero) is 1. The Hall–Kier alpha value is -4.07. The highest BCUT2D eigenvalue weighted by atomic mass is 16.5. The Morgan fingerprint density at radius 3 is 2.31 bits per heavy atom. The number of esters is 1. The van der Waals surface area contributed by atoms with Crippen molar-refractivity contribution in [2.45, 2.75) is 33.2 Å². The van der Waals surface area contributed by atoms with E-state index in [9.17, 15) is 14.4 Å². The number of hydrogen-bond donors (Lipinski definition) is 1. The van der Waals surface area contributed by atoms with E-state index in [2.05, 4.69) is 9.88 Å². The molecule has 8 nitrogen and oxygen atoms in total. The third-order valence-corrected chi connectivity index (χ3v) is 5.95. The third-order valence-electron chi connectivity index (χ3n) is 5.95. The summed E-state index contributed by atoms with van der Waals surface area (Å²) >= 11 is 0. The molecule has 1 heterocycles. The zero-order valence-electron chi connectivity index (χ0n) is 21.1. The summed E-state index contributed by atoms with van der Waals surface area (Å²) in [6, 6.07) is 16.8. The topological polar surface area (TPSA) is 95.9 Å². The Morgan fingerprint density at radius 2 is 1.61 bits per heavy atom. The van der Waals surface area contributed by atoms with Crippen molar-refractivity contribution in [3.63, 3.8) is 0 Å². The first-order chi connectivity index (χ1) is 17.3. The minimum atomic E-state index is -0.660. The lowest BCUT2D eigenvalue weighted by molar-refractivity contribution is -0.142. The predicted octanol–water partition coefficient (Wildman–Crippen LogP) is 3.45. The van der Waals surface area contributed by atoms with E-state index < -0.39 is 5.97 Å². The summed E-state index contributed by atoms with van der Waals surface area (Å²) in [4.78, 5) is 36.8. The van der Waals surface area contributed by atoms with Crippen LogP contribution in [0.1, 0.15) is 32.9 Å². The zero-order valence-corrected chi connectivity index (χ0v) is 21.1. The minimum absolute atomic E-state index is 0.169. The summed E-state index contributed by atoms with van der Waals surface area (Å²) in [5.74, 6) is 0.108. The number of aryl methyl sites for hydroxylation is 2. The molecule has 0 bridgehead atoms. The molecule has 1 amide bonds. The first-order valence-corrected chi connectivity index (χ1v) is 11.7. The van der Waals surface area contributed by atoms with Crippen LogP contribution in [0.3, 0.4) is 0 Å². The maximum atomic E-state index is 12.7. The molecule has 8 heteroatoms. The van der Waals surface area contributed by atoms with Crippen LogP contribution in [0.25, 0.3) is 0 Å². The first-order valence-electron chi connectivity index (χ1n) is 11.7. The molecule has 2 aromatic carbocycles. The predicted molar refractivity (Wildman–Crippen MR) is 136 cm³/mol. The average molecular weight is 493 g/mol. The van der Waals surface area contributed by atoms with Gasteiger partial charge in [-0.25, -0.2) is 0 Å². The van der Waals surface area contributed by atoms with Crippen LogP contribution in [0, 0.1) is 13.8 Å². The monoisotopic (exact) mass is 492 g/mol. The van der Waals surface area contributed by atoms with Gasteiger partial charge in [0, 0.05) is 23.5 Å². The number of aromatic nitrogens is 1. The second-order valence-corrected chi connectivity index (χ2v) is 8.40. The molecule has 1 N–H and O–H groups in total. The van der Waals surface area contributed by atoms with Gasteiger partial charge >= 0.3 is 5.97 Å². The molecule has 0 fully saturated rings. The molecule has 0 atom stereocenters. The SMILES string of the molecule is COc1ccc(CCn2c(C)cc(C(=O)COC(=O)CNC(=O)Cc3ccccc3)c2C)cc1OC. The zero-order chi connectivity index (χ0) is 26.1. The van der Waals surface area contributed by atoms with Crippen molar-refractivity contribution < 1.29 is 28.6 Å². The Balaban J connectivity index is 1.51. The Labute approximate surface area is 211 Å². The highest BCUT2D eigenvalue weighted by Gasteiger charge is 2.18. The van der Waals surface area contributed by atoms with E-state index in [1.54, 1.807) is 14.2 Å². The van der Waals surface area contributed by atoms with Gasteiger partial charge in [0.2, 0.25) is 11.7 Å². The lowest BCUT2D eigenvalue weighted by atomic mass is 10.1. The van der Waals surface area contributed by atoms with Gasteiger partial charge < -0.3 is 24.1 Å². The van der Waals surface area contributed by atoms with E-state index in [-0.39, 0.29) is 31.3 Å². The molecule has 3 rings (SSSR count). The van der Waals surface area contributed by atoms with Crippen molar-refractivity contribution in [1.82, 2.24) is 9.88 Å². The smallest absolute Gasteiger partial charge is 0.325 e. The van der Waals surface area contributed by atoms with Gasteiger partial charge in [0.25, 0.3) is 0 Å². The van der Waals surface area contributed by atoms with Crippen LogP contribution >= 0.6 is 0 Å². The number of ether oxygens (including phenoxy) is 3. The maximum absolute atomic E-state index is 12.7. The largest absolute Gasteiger partial charge is 0.493 e. The Kier molecular flexibility index (Phi) is 9.27. The molecule has 0 aliphatic carbocycles. The van der Waals surface area contributed by atoms with Gasteiger partial charge in [-0.15, -0.1) is 0 Å². The molecule has 0 saturated heterocycles. The van der Waals surface area contributed by atoms with E-state index in [1.165, 1.54) is 0 Å². The normalized spacial score (nSPS) is 10.6. The number of carbonyl (C=O) groups is 3. The van der Waals surface area contributed by atoms with Crippen molar-refractivity contribution in [3.8, 4) is 11.5 Å². The van der Waals surface area contributed by atoms with Crippen LogP contribution in [-0.4, -0.2) is 49.6 Å². The molecule has 190 valence electrons. The van der Waals surface area contributed by atoms with Crippen molar-refractivity contribution in [3.05, 3.63) is 82.7 Å². The van der Waals surface area contributed by atoms with E-state index >= 15 is 0 Å². The van der Waals surface area contributed by atoms with Gasteiger partial charge in [-0.05, 0) is 49.6 Å². The summed E-state index contributed by atoms with van der Waals surface area (Å²) in [6.45, 7) is 3.82. The van der Waals surface area contributed by atoms with Gasteiger partial charge in [0.05, 0.1) is 20.6 Å². The number of nitrogens with zero attached hydrogens (tertiary/aromatic N) is 1. The van der Waals surface area contributed by atoms with Crippen LogP contribution in [0.4, 0.5) is 0 Å². The third kappa shape index (κ3) is 6.97. The molecule has 3 aromatic rings. The van der Waals surface area contributed by atoms with E-state index in [1.807, 2.05) is 68.4 Å². The van der Waals surface area contributed by atoms with Crippen molar-refractivity contribution in [2.75, 3.05) is 27.4 Å². The summed E-state index contributed by atoms with van der Waals surface area (Å²) in [5.41, 5.74) is 4.19. The number of benzene rings is 2. The van der Waals surface area contributed by atoms with E-state index in [0.717, 1.165) is 28.9 Å². The number of methoxy groups -OCH3 is 2. The second kappa shape index (κ2) is 12.6. The standard InChI is InChI=1S/C28H32N2O6/c1-19-14-23(20(2)30(19)13-12-22-10-11-25(34-3)26(15-22)35-4)24(31)18-36-28(33)17-29-27(32)16-21-8-6-5-7-9-21/h5-11,14-15H,12-13,16-18H2,1-4H3,(H,29,32). The van der Waals surface area contributed by atoms with Gasteiger partial charge in [0.1, 0.15) is 6.54 Å². The quantitative estimate of drug-likeness (QED) is 0.307. The van der Waals surface area contributed by atoms with E-state index in [0.29, 0.717) is 23.6 Å². The fourth-order valence-corrected chi connectivity index (χ4v) is 3.99. The Morgan fingerprint density at radius 1 is 0.889 bits per heavy atom. The summed E-state index contributed by atoms with van der Waals surface area (Å²) in [5, 5.41) is 2.52. The van der Waals surface area contributed by atoms with Crippen molar-refractivity contribution >= 4 is 17.7 Å². The van der Waals surface area contributed by atoms with E-state index in [4.69, 9.17) is 14.2 Å². The van der Waals surface area contributed by atoms with Crippen LogP contribution < -0.4 is 14.8 Å². The van der Waals surface area contributed by atoms with Gasteiger partial charge in [-0.2, -0.15) is 0 Å².